The number of carbonyl (C=O) groups is 1. The molecule has 0 aliphatic carbocycles. The molecule has 0 fully saturated rings. The van der Waals surface area contributed by atoms with Crippen molar-refractivity contribution in [2.75, 3.05) is 12.8 Å². The summed E-state index contributed by atoms with van der Waals surface area (Å²) in [6.45, 7) is 2.62. The summed E-state index contributed by atoms with van der Waals surface area (Å²) in [6.07, 6.45) is 3.66. The standard InChI is InChI=1S/C12H16N2O3S/c1-3-4-7-13-12(15)9-5-6-11(18-2)10(8-9)14(16)17/h5-6,8H,3-4,7H2,1-2H3,(H,13,15). The van der Waals surface area contributed by atoms with Crippen molar-refractivity contribution in [1.82, 2.24) is 5.32 Å². The number of hydrogen-bond donors (Lipinski definition) is 1. The van der Waals surface area contributed by atoms with Gasteiger partial charge in [0.05, 0.1) is 9.82 Å². The van der Waals surface area contributed by atoms with Crippen molar-refractivity contribution in [2.45, 2.75) is 24.7 Å². The highest BCUT2D eigenvalue weighted by molar-refractivity contribution is 7.98. The summed E-state index contributed by atoms with van der Waals surface area (Å²) < 4.78 is 0. The minimum atomic E-state index is -0.464. The molecule has 1 N–H and O–H groups in total. The average Bonchev–Trinajstić information content (AvgIpc) is 2.38. The highest BCUT2D eigenvalue weighted by Crippen LogP contribution is 2.28. The summed E-state index contributed by atoms with van der Waals surface area (Å²) in [5.74, 6) is -0.265. The van der Waals surface area contributed by atoms with Gasteiger partial charge in [0.1, 0.15) is 0 Å². The van der Waals surface area contributed by atoms with E-state index >= 15 is 0 Å². The van der Waals surface area contributed by atoms with Gasteiger partial charge < -0.3 is 5.32 Å². The Morgan fingerprint density at radius 2 is 2.22 bits per heavy atom. The van der Waals surface area contributed by atoms with Gasteiger partial charge >= 0.3 is 0 Å². The van der Waals surface area contributed by atoms with E-state index in [1.165, 1.54) is 17.8 Å². The van der Waals surface area contributed by atoms with Crippen LogP contribution >= 0.6 is 11.8 Å². The van der Waals surface area contributed by atoms with E-state index in [2.05, 4.69) is 5.32 Å². The van der Waals surface area contributed by atoms with Crippen LogP contribution in [0.4, 0.5) is 5.69 Å². The van der Waals surface area contributed by atoms with Crippen molar-refractivity contribution in [2.24, 2.45) is 0 Å². The average molecular weight is 268 g/mol. The zero-order chi connectivity index (χ0) is 13.5. The number of amides is 1. The van der Waals surface area contributed by atoms with Crippen molar-refractivity contribution in [3.63, 3.8) is 0 Å². The third-order valence-electron chi connectivity index (χ3n) is 2.45. The van der Waals surface area contributed by atoms with Gasteiger partial charge in [-0.05, 0) is 24.8 Å². The molecule has 0 saturated carbocycles. The maximum absolute atomic E-state index is 11.8. The van der Waals surface area contributed by atoms with Crippen molar-refractivity contribution in [1.29, 1.82) is 0 Å². The van der Waals surface area contributed by atoms with Crippen molar-refractivity contribution in [3.8, 4) is 0 Å². The van der Waals surface area contributed by atoms with Crippen LogP contribution in [-0.4, -0.2) is 23.6 Å². The van der Waals surface area contributed by atoms with Crippen molar-refractivity contribution >= 4 is 23.4 Å². The number of thioether (sulfide) groups is 1. The predicted octanol–water partition coefficient (Wildman–Crippen LogP) is 2.85. The van der Waals surface area contributed by atoms with Gasteiger partial charge in [0, 0.05) is 18.2 Å². The number of nitro benzene ring substituents is 1. The number of nitrogens with one attached hydrogen (secondary N) is 1. The monoisotopic (exact) mass is 268 g/mol. The Bertz CT molecular complexity index is 449. The van der Waals surface area contributed by atoms with Crippen LogP contribution in [0.3, 0.4) is 0 Å². The number of nitro groups is 1. The molecule has 0 saturated heterocycles. The quantitative estimate of drug-likeness (QED) is 0.372. The van der Waals surface area contributed by atoms with E-state index < -0.39 is 4.92 Å². The lowest BCUT2D eigenvalue weighted by molar-refractivity contribution is -0.387. The van der Waals surface area contributed by atoms with Crippen molar-refractivity contribution in [3.05, 3.63) is 33.9 Å². The third-order valence-corrected chi connectivity index (χ3v) is 3.24. The number of hydrogen-bond acceptors (Lipinski definition) is 4. The normalized spacial score (nSPS) is 10.1. The summed E-state index contributed by atoms with van der Waals surface area (Å²) >= 11 is 1.29. The number of rotatable bonds is 6. The smallest absolute Gasteiger partial charge is 0.283 e. The lowest BCUT2D eigenvalue weighted by atomic mass is 10.2. The summed E-state index contributed by atoms with van der Waals surface area (Å²) in [6, 6.07) is 4.55. The highest BCUT2D eigenvalue weighted by atomic mass is 32.2. The molecular weight excluding hydrogens is 252 g/mol. The maximum atomic E-state index is 11.8. The Kier molecular flexibility index (Phi) is 5.64. The first-order valence-corrected chi connectivity index (χ1v) is 6.93. The zero-order valence-electron chi connectivity index (χ0n) is 10.4. The van der Waals surface area contributed by atoms with Crippen LogP contribution in [0, 0.1) is 10.1 Å². The van der Waals surface area contributed by atoms with Gasteiger partial charge in [0.2, 0.25) is 0 Å². The van der Waals surface area contributed by atoms with Gasteiger partial charge in [-0.15, -0.1) is 11.8 Å². The number of unbranched alkanes of at least 4 members (excludes halogenated alkanes) is 1. The van der Waals surface area contributed by atoms with E-state index in [4.69, 9.17) is 0 Å². The zero-order valence-corrected chi connectivity index (χ0v) is 11.3. The Labute approximate surface area is 110 Å². The van der Waals surface area contributed by atoms with E-state index in [-0.39, 0.29) is 11.6 Å². The summed E-state index contributed by atoms with van der Waals surface area (Å²) in [4.78, 5) is 22.7. The van der Waals surface area contributed by atoms with Gasteiger partial charge in [0.15, 0.2) is 0 Å². The fourth-order valence-corrected chi connectivity index (χ4v) is 2.00. The van der Waals surface area contributed by atoms with Gasteiger partial charge in [-0.25, -0.2) is 0 Å². The Hall–Kier alpha value is -1.56. The molecule has 0 unspecified atom stereocenters. The fourth-order valence-electron chi connectivity index (χ4n) is 1.45. The van der Waals surface area contributed by atoms with Crippen LogP contribution in [-0.2, 0) is 0 Å². The van der Waals surface area contributed by atoms with Gasteiger partial charge in [-0.1, -0.05) is 13.3 Å². The fraction of sp³-hybridized carbons (Fsp3) is 0.417. The molecule has 0 aliphatic heterocycles. The first-order chi connectivity index (χ1) is 8.60. The summed E-state index contributed by atoms with van der Waals surface area (Å²) in [7, 11) is 0. The largest absolute Gasteiger partial charge is 0.352 e. The van der Waals surface area contributed by atoms with E-state index in [1.807, 2.05) is 6.92 Å². The molecule has 18 heavy (non-hydrogen) atoms. The van der Waals surface area contributed by atoms with Crippen LogP contribution in [0.2, 0.25) is 0 Å². The number of nitrogens with zero attached hydrogens (tertiary/aromatic N) is 1. The van der Waals surface area contributed by atoms with Crippen LogP contribution in [0.15, 0.2) is 23.1 Å². The van der Waals surface area contributed by atoms with Crippen LogP contribution in [0.25, 0.3) is 0 Å². The number of carbonyl (C=O) groups excluding carboxylic acids is 1. The Morgan fingerprint density at radius 1 is 1.50 bits per heavy atom. The molecule has 0 aliphatic rings. The first kappa shape index (κ1) is 14.5. The molecule has 1 rings (SSSR count). The molecule has 0 atom stereocenters. The lowest BCUT2D eigenvalue weighted by Gasteiger charge is -2.05. The SMILES string of the molecule is CCCCNC(=O)c1ccc(SC)c([N+](=O)[O-])c1. The molecule has 5 nitrogen and oxygen atoms in total. The molecule has 0 heterocycles. The van der Waals surface area contributed by atoms with E-state index in [0.717, 1.165) is 12.8 Å². The molecule has 6 heteroatoms. The van der Waals surface area contributed by atoms with Gasteiger partial charge in [-0.2, -0.15) is 0 Å². The minimum absolute atomic E-state index is 0.0226. The summed E-state index contributed by atoms with van der Waals surface area (Å²) in [5.41, 5.74) is 0.307. The summed E-state index contributed by atoms with van der Waals surface area (Å²) in [5, 5.41) is 13.6. The van der Waals surface area contributed by atoms with E-state index in [1.54, 1.807) is 18.4 Å². The molecule has 98 valence electrons. The molecule has 0 radical (unpaired) electrons. The second-order valence-electron chi connectivity index (χ2n) is 3.75. The third kappa shape index (κ3) is 3.73. The van der Waals surface area contributed by atoms with Crippen LogP contribution in [0.5, 0.6) is 0 Å². The minimum Gasteiger partial charge on any atom is -0.352 e. The van der Waals surface area contributed by atoms with Crippen LogP contribution < -0.4 is 5.32 Å². The second-order valence-corrected chi connectivity index (χ2v) is 4.60. The first-order valence-electron chi connectivity index (χ1n) is 5.70. The van der Waals surface area contributed by atoms with Gasteiger partial charge in [0.25, 0.3) is 11.6 Å². The molecule has 1 aromatic carbocycles. The predicted molar refractivity (Wildman–Crippen MR) is 72.1 cm³/mol. The van der Waals surface area contributed by atoms with E-state index in [9.17, 15) is 14.9 Å². The molecule has 1 aromatic rings. The lowest BCUT2D eigenvalue weighted by Crippen LogP contribution is -2.24. The van der Waals surface area contributed by atoms with E-state index in [0.29, 0.717) is 17.0 Å². The topological polar surface area (TPSA) is 72.2 Å². The molecule has 0 bridgehead atoms. The second kappa shape index (κ2) is 7.00. The van der Waals surface area contributed by atoms with Gasteiger partial charge in [-0.3, -0.25) is 14.9 Å². The molecule has 1 amide bonds. The van der Waals surface area contributed by atoms with Crippen LogP contribution in [0.1, 0.15) is 30.1 Å². The molecule has 0 spiro atoms. The highest BCUT2D eigenvalue weighted by Gasteiger charge is 2.16. The Morgan fingerprint density at radius 3 is 2.78 bits per heavy atom. The number of benzene rings is 1. The molecular formula is C12H16N2O3S. The van der Waals surface area contributed by atoms with Crippen molar-refractivity contribution < 1.29 is 9.72 Å². The molecule has 0 aromatic heterocycles. The Balaban J connectivity index is 2.87. The maximum Gasteiger partial charge on any atom is 0.283 e.